The first-order valence-electron chi connectivity index (χ1n) is 12.5. The third-order valence-electron chi connectivity index (χ3n) is 7.24. The van der Waals surface area contributed by atoms with Gasteiger partial charge in [0.1, 0.15) is 5.75 Å². The Morgan fingerprint density at radius 1 is 1.22 bits per heavy atom. The second-order valence-electron chi connectivity index (χ2n) is 9.63. The highest BCUT2D eigenvalue weighted by Crippen LogP contribution is 2.34. The first-order chi connectivity index (χ1) is 17.4. The topological polar surface area (TPSA) is 82.9 Å². The Bertz CT molecular complexity index is 1260. The smallest absolute Gasteiger partial charge is 0.303 e. The Kier molecular flexibility index (Phi) is 8.58. The van der Waals surface area contributed by atoms with Gasteiger partial charge in [-0.2, -0.15) is 0 Å². The van der Waals surface area contributed by atoms with Gasteiger partial charge in [0.2, 0.25) is 0 Å². The normalized spacial score (nSPS) is 18.9. The summed E-state index contributed by atoms with van der Waals surface area (Å²) in [6.07, 6.45) is 3.46. The molecule has 2 N–H and O–H groups in total. The van der Waals surface area contributed by atoms with Gasteiger partial charge in [0.25, 0.3) is 0 Å². The van der Waals surface area contributed by atoms with Crippen molar-refractivity contribution in [2.45, 2.75) is 38.7 Å². The quantitative estimate of drug-likeness (QED) is 0.444. The standard InChI is InChI=1S/C30H34N2O4/c1-21-6-3-4-7-22(21)8-5-16-32-17-14-23(24(20-32)18-30(34)35)9-12-29(33)26-13-15-31-28-11-10-25(36-2)19-27(26)28/h3-4,6-7,10-11,13,15,19,23-24,29,33H,9,12,14,16-18,20H2,1-2H3,(H,34,35)/t23-,24+,29-/m1/s1. The molecule has 4 rings (SSSR count). The summed E-state index contributed by atoms with van der Waals surface area (Å²) in [5.41, 5.74) is 3.84. The molecule has 0 aliphatic carbocycles. The molecule has 1 aromatic heterocycles. The van der Waals surface area contributed by atoms with Crippen LogP contribution in [0, 0.1) is 30.6 Å². The number of piperidine rings is 1. The SMILES string of the molecule is COc1ccc2nccc([C@H](O)CC[C@@H]3CCN(CC#Cc4ccccc4C)C[C@@H]3CC(=O)O)c2c1. The maximum absolute atomic E-state index is 11.6. The molecule has 1 aliphatic rings. The number of rotatable bonds is 8. The van der Waals surface area contributed by atoms with Crippen LogP contribution < -0.4 is 4.74 Å². The molecule has 0 unspecified atom stereocenters. The second-order valence-corrected chi connectivity index (χ2v) is 9.63. The van der Waals surface area contributed by atoms with E-state index in [1.165, 1.54) is 0 Å². The van der Waals surface area contributed by atoms with Crippen molar-refractivity contribution in [2.24, 2.45) is 11.8 Å². The zero-order valence-electron chi connectivity index (χ0n) is 21.0. The average Bonchev–Trinajstić information content (AvgIpc) is 2.88. The number of carbonyl (C=O) groups is 1. The molecule has 0 saturated carbocycles. The molecule has 1 aliphatic heterocycles. The minimum Gasteiger partial charge on any atom is -0.497 e. The molecular weight excluding hydrogens is 452 g/mol. The van der Waals surface area contributed by atoms with E-state index >= 15 is 0 Å². The number of methoxy groups -OCH3 is 1. The summed E-state index contributed by atoms with van der Waals surface area (Å²) in [5.74, 6) is 6.77. The third-order valence-corrected chi connectivity index (χ3v) is 7.24. The van der Waals surface area contributed by atoms with Gasteiger partial charge in [0.15, 0.2) is 0 Å². The zero-order chi connectivity index (χ0) is 25.5. The van der Waals surface area contributed by atoms with E-state index in [4.69, 9.17) is 4.74 Å². The Labute approximate surface area is 212 Å². The summed E-state index contributed by atoms with van der Waals surface area (Å²) in [6, 6.07) is 15.6. The predicted octanol–water partition coefficient (Wildman–Crippen LogP) is 4.83. The van der Waals surface area contributed by atoms with E-state index in [9.17, 15) is 15.0 Å². The number of nitrogens with zero attached hydrogens (tertiary/aromatic N) is 2. The van der Waals surface area contributed by atoms with Gasteiger partial charge in [0, 0.05) is 30.1 Å². The van der Waals surface area contributed by atoms with Crippen LogP contribution in [0.2, 0.25) is 0 Å². The first-order valence-corrected chi connectivity index (χ1v) is 12.5. The minimum absolute atomic E-state index is 0.0398. The number of aryl methyl sites for hydroxylation is 1. The number of aromatic nitrogens is 1. The summed E-state index contributed by atoms with van der Waals surface area (Å²) in [4.78, 5) is 18.3. The van der Waals surface area contributed by atoms with Crippen molar-refractivity contribution in [1.82, 2.24) is 9.88 Å². The molecule has 1 saturated heterocycles. The predicted molar refractivity (Wildman–Crippen MR) is 141 cm³/mol. The lowest BCUT2D eigenvalue weighted by Gasteiger charge is -2.37. The molecule has 36 heavy (non-hydrogen) atoms. The van der Waals surface area contributed by atoms with Crippen LogP contribution >= 0.6 is 0 Å². The van der Waals surface area contributed by atoms with Crippen molar-refractivity contribution in [2.75, 3.05) is 26.7 Å². The van der Waals surface area contributed by atoms with Crippen molar-refractivity contribution in [3.05, 3.63) is 71.4 Å². The number of aliphatic hydroxyl groups excluding tert-OH is 1. The van der Waals surface area contributed by atoms with Crippen LogP contribution in [0.15, 0.2) is 54.7 Å². The third kappa shape index (κ3) is 6.42. The number of ether oxygens (including phenoxy) is 1. The van der Waals surface area contributed by atoms with Crippen molar-refractivity contribution < 1.29 is 19.7 Å². The summed E-state index contributed by atoms with van der Waals surface area (Å²) in [5, 5.41) is 21.5. The van der Waals surface area contributed by atoms with Gasteiger partial charge in [-0.05, 0) is 86.0 Å². The van der Waals surface area contributed by atoms with E-state index in [-0.39, 0.29) is 18.3 Å². The molecule has 0 amide bonds. The Morgan fingerprint density at radius 3 is 2.83 bits per heavy atom. The highest BCUT2D eigenvalue weighted by Gasteiger charge is 2.31. The molecule has 3 atom stereocenters. The van der Waals surface area contributed by atoms with E-state index in [1.807, 2.05) is 42.5 Å². The number of carboxylic acid groups (broad SMARTS) is 1. The fraction of sp³-hybridized carbons (Fsp3) is 0.400. The van der Waals surface area contributed by atoms with Crippen LogP contribution in [0.3, 0.4) is 0 Å². The molecule has 6 heteroatoms. The number of benzene rings is 2. The molecule has 3 aromatic rings. The van der Waals surface area contributed by atoms with Crippen LogP contribution in [0.5, 0.6) is 5.75 Å². The first kappa shape index (κ1) is 25.7. The lowest BCUT2D eigenvalue weighted by molar-refractivity contribution is -0.139. The molecule has 0 spiro atoms. The molecule has 2 heterocycles. The Morgan fingerprint density at radius 2 is 2.06 bits per heavy atom. The van der Waals surface area contributed by atoms with Crippen molar-refractivity contribution in [1.29, 1.82) is 0 Å². The highest BCUT2D eigenvalue weighted by atomic mass is 16.5. The van der Waals surface area contributed by atoms with Crippen LogP contribution in [-0.4, -0.2) is 52.8 Å². The van der Waals surface area contributed by atoms with Crippen LogP contribution in [-0.2, 0) is 4.79 Å². The lowest BCUT2D eigenvalue weighted by Crippen LogP contribution is -2.41. The monoisotopic (exact) mass is 486 g/mol. The number of carboxylic acids is 1. The van der Waals surface area contributed by atoms with E-state index in [1.54, 1.807) is 13.3 Å². The van der Waals surface area contributed by atoms with Crippen LogP contribution in [0.1, 0.15) is 48.5 Å². The van der Waals surface area contributed by atoms with E-state index < -0.39 is 12.1 Å². The van der Waals surface area contributed by atoms with Gasteiger partial charge >= 0.3 is 5.97 Å². The van der Waals surface area contributed by atoms with E-state index in [2.05, 4.69) is 34.7 Å². The number of hydrogen-bond acceptors (Lipinski definition) is 5. The van der Waals surface area contributed by atoms with Gasteiger partial charge in [-0.3, -0.25) is 14.7 Å². The largest absolute Gasteiger partial charge is 0.497 e. The number of aliphatic carboxylic acids is 1. The molecule has 1 fully saturated rings. The van der Waals surface area contributed by atoms with Gasteiger partial charge < -0.3 is 14.9 Å². The number of likely N-dealkylation sites (tertiary alicyclic amines) is 1. The fourth-order valence-electron chi connectivity index (χ4n) is 5.19. The molecule has 188 valence electrons. The summed E-state index contributed by atoms with van der Waals surface area (Å²) >= 11 is 0. The Balaban J connectivity index is 1.39. The molecular formula is C30H34N2O4. The van der Waals surface area contributed by atoms with E-state index in [0.29, 0.717) is 19.5 Å². The molecule has 6 nitrogen and oxygen atoms in total. The van der Waals surface area contributed by atoms with Crippen molar-refractivity contribution in [3.63, 3.8) is 0 Å². The maximum Gasteiger partial charge on any atom is 0.303 e. The van der Waals surface area contributed by atoms with E-state index in [0.717, 1.165) is 52.7 Å². The fourth-order valence-corrected chi connectivity index (χ4v) is 5.19. The van der Waals surface area contributed by atoms with Crippen LogP contribution in [0.25, 0.3) is 10.9 Å². The summed E-state index contributed by atoms with van der Waals surface area (Å²) in [7, 11) is 1.62. The number of hydrogen-bond donors (Lipinski definition) is 2. The number of pyridine rings is 1. The van der Waals surface area contributed by atoms with Gasteiger partial charge in [-0.25, -0.2) is 0 Å². The van der Waals surface area contributed by atoms with Gasteiger partial charge in [0.05, 0.1) is 25.3 Å². The average molecular weight is 487 g/mol. The van der Waals surface area contributed by atoms with Gasteiger partial charge in [-0.1, -0.05) is 30.0 Å². The Hall–Kier alpha value is -3.40. The molecule has 2 aromatic carbocycles. The van der Waals surface area contributed by atoms with Crippen molar-refractivity contribution >= 4 is 16.9 Å². The van der Waals surface area contributed by atoms with Gasteiger partial charge in [-0.15, -0.1) is 0 Å². The molecule has 0 bridgehead atoms. The lowest BCUT2D eigenvalue weighted by atomic mass is 9.79. The highest BCUT2D eigenvalue weighted by molar-refractivity contribution is 5.83. The summed E-state index contributed by atoms with van der Waals surface area (Å²) < 4.78 is 5.35. The maximum atomic E-state index is 11.6. The molecule has 0 radical (unpaired) electrons. The van der Waals surface area contributed by atoms with Crippen LogP contribution in [0.4, 0.5) is 0 Å². The number of fused-ring (bicyclic) bond motifs is 1. The second kappa shape index (κ2) is 12.0. The summed E-state index contributed by atoms with van der Waals surface area (Å²) in [6.45, 7) is 4.28. The zero-order valence-corrected chi connectivity index (χ0v) is 21.0. The minimum atomic E-state index is -0.773. The van der Waals surface area contributed by atoms with Crippen molar-refractivity contribution in [3.8, 4) is 17.6 Å². The number of aliphatic hydroxyl groups is 1.